The van der Waals surface area contributed by atoms with Crippen LogP contribution in [0.3, 0.4) is 0 Å². The van der Waals surface area contributed by atoms with Gasteiger partial charge in [-0.2, -0.15) is 0 Å². The minimum absolute atomic E-state index is 0.165. The predicted octanol–water partition coefficient (Wildman–Crippen LogP) is 5.67. The number of benzene rings is 1. The Hall–Kier alpha value is -1.84. The normalized spacial score (nSPS) is 10.6. The lowest BCUT2D eigenvalue weighted by atomic mass is 10.1. The Morgan fingerprint density at radius 1 is 0.846 bits per heavy atom. The topological polar surface area (TPSA) is 52.6 Å². The molecule has 0 heterocycles. The molecule has 4 heteroatoms. The van der Waals surface area contributed by atoms with Gasteiger partial charge in [0.15, 0.2) is 0 Å². The molecule has 0 radical (unpaired) electrons. The van der Waals surface area contributed by atoms with Crippen molar-refractivity contribution in [1.82, 2.24) is 0 Å². The highest BCUT2D eigenvalue weighted by atomic mass is 16.5. The number of unbranched alkanes of at least 4 members (excludes halogenated alkanes) is 6. The van der Waals surface area contributed by atoms with Gasteiger partial charge in [-0.3, -0.25) is 9.59 Å². The Balaban J connectivity index is 2.06. The summed E-state index contributed by atoms with van der Waals surface area (Å²) in [6.07, 6.45) is 9.04. The maximum atomic E-state index is 11.9. The first-order valence-electron chi connectivity index (χ1n) is 9.96. The van der Waals surface area contributed by atoms with Crippen molar-refractivity contribution < 1.29 is 19.1 Å². The number of aryl methyl sites for hydroxylation is 2. The van der Waals surface area contributed by atoms with Crippen LogP contribution in [-0.2, 0) is 14.3 Å². The first-order chi connectivity index (χ1) is 12.5. The summed E-state index contributed by atoms with van der Waals surface area (Å²) < 4.78 is 10.6. The van der Waals surface area contributed by atoms with Crippen LogP contribution in [0, 0.1) is 13.8 Å². The van der Waals surface area contributed by atoms with Crippen molar-refractivity contribution in [1.29, 1.82) is 0 Å². The highest BCUT2D eigenvalue weighted by molar-refractivity contribution is 5.73. The van der Waals surface area contributed by atoms with Crippen molar-refractivity contribution in [3.63, 3.8) is 0 Å². The van der Waals surface area contributed by atoms with Gasteiger partial charge in [-0.05, 0) is 50.3 Å². The Labute approximate surface area is 158 Å². The third-order valence-electron chi connectivity index (χ3n) is 4.34. The summed E-state index contributed by atoms with van der Waals surface area (Å²) in [5.41, 5.74) is 2.01. The van der Waals surface area contributed by atoms with Crippen molar-refractivity contribution in [2.75, 3.05) is 6.61 Å². The summed E-state index contributed by atoms with van der Waals surface area (Å²) in [4.78, 5) is 23.6. The van der Waals surface area contributed by atoms with Crippen LogP contribution >= 0.6 is 0 Å². The number of hydrogen-bond donors (Lipinski definition) is 0. The van der Waals surface area contributed by atoms with E-state index < -0.39 is 0 Å². The van der Waals surface area contributed by atoms with Gasteiger partial charge in [0, 0.05) is 12.8 Å². The number of hydrogen-bond acceptors (Lipinski definition) is 4. The van der Waals surface area contributed by atoms with E-state index in [-0.39, 0.29) is 11.9 Å². The minimum atomic E-state index is -0.251. The summed E-state index contributed by atoms with van der Waals surface area (Å²) >= 11 is 0. The maximum Gasteiger partial charge on any atom is 0.311 e. The Morgan fingerprint density at radius 2 is 1.50 bits per heavy atom. The first kappa shape index (κ1) is 22.2. The molecule has 1 aromatic carbocycles. The molecule has 0 amide bonds. The summed E-state index contributed by atoms with van der Waals surface area (Å²) in [5, 5.41) is 0. The second-order valence-electron chi connectivity index (χ2n) is 6.94. The summed E-state index contributed by atoms with van der Waals surface area (Å²) in [5.74, 6) is 0.203. The average Bonchev–Trinajstić information content (AvgIpc) is 2.61. The van der Waals surface area contributed by atoms with Gasteiger partial charge in [-0.15, -0.1) is 0 Å². The fourth-order valence-corrected chi connectivity index (χ4v) is 2.67. The molecule has 0 unspecified atom stereocenters. The van der Waals surface area contributed by atoms with Crippen LogP contribution in [-0.4, -0.2) is 18.5 Å². The van der Waals surface area contributed by atoms with Crippen LogP contribution in [0.2, 0.25) is 0 Å². The molecule has 0 spiro atoms. The molecule has 0 atom stereocenters. The molecule has 0 saturated carbocycles. The van der Waals surface area contributed by atoms with E-state index in [0.717, 1.165) is 24.0 Å². The van der Waals surface area contributed by atoms with Crippen molar-refractivity contribution >= 4 is 11.9 Å². The third-order valence-corrected chi connectivity index (χ3v) is 4.34. The van der Waals surface area contributed by atoms with Gasteiger partial charge in [-0.25, -0.2) is 0 Å². The summed E-state index contributed by atoms with van der Waals surface area (Å²) in [6.45, 7) is 6.60. The number of ether oxygens (including phenoxy) is 2. The maximum absolute atomic E-state index is 11.9. The molecule has 4 nitrogen and oxygen atoms in total. The lowest BCUT2D eigenvalue weighted by molar-refractivity contribution is -0.144. The largest absolute Gasteiger partial charge is 0.466 e. The highest BCUT2D eigenvalue weighted by Gasteiger charge is 2.09. The van der Waals surface area contributed by atoms with Crippen molar-refractivity contribution in [3.8, 4) is 5.75 Å². The number of carbonyl (C=O) groups excluding carboxylic acids is 2. The second-order valence-corrected chi connectivity index (χ2v) is 6.94. The van der Waals surface area contributed by atoms with Crippen molar-refractivity contribution in [2.45, 2.75) is 85.0 Å². The molecule has 0 aliphatic heterocycles. The smallest absolute Gasteiger partial charge is 0.311 e. The van der Waals surface area contributed by atoms with Gasteiger partial charge >= 0.3 is 11.9 Å². The summed E-state index contributed by atoms with van der Waals surface area (Å²) in [7, 11) is 0. The van der Waals surface area contributed by atoms with Gasteiger partial charge in [0.05, 0.1) is 6.61 Å². The SMILES string of the molecule is CCCCCCCCOC(=O)CCCCC(=O)Oc1cc(C)ccc1C. The van der Waals surface area contributed by atoms with E-state index in [4.69, 9.17) is 9.47 Å². The zero-order valence-corrected chi connectivity index (χ0v) is 16.6. The molecule has 1 rings (SSSR count). The van der Waals surface area contributed by atoms with Crippen LogP contribution < -0.4 is 4.74 Å². The van der Waals surface area contributed by atoms with E-state index >= 15 is 0 Å². The zero-order chi connectivity index (χ0) is 19.2. The second kappa shape index (κ2) is 13.4. The fraction of sp³-hybridized carbons (Fsp3) is 0.636. The molecule has 0 aromatic heterocycles. The Morgan fingerprint density at radius 3 is 2.23 bits per heavy atom. The molecular formula is C22H34O4. The predicted molar refractivity (Wildman–Crippen MR) is 104 cm³/mol. The number of esters is 2. The van der Waals surface area contributed by atoms with Crippen LogP contribution in [0.4, 0.5) is 0 Å². The van der Waals surface area contributed by atoms with E-state index in [1.807, 2.05) is 32.0 Å². The van der Waals surface area contributed by atoms with Crippen LogP contribution in [0.15, 0.2) is 18.2 Å². The fourth-order valence-electron chi connectivity index (χ4n) is 2.67. The quantitative estimate of drug-likeness (QED) is 0.258. The van der Waals surface area contributed by atoms with E-state index in [2.05, 4.69) is 6.92 Å². The Bertz CT molecular complexity index is 551. The first-order valence-corrected chi connectivity index (χ1v) is 9.96. The van der Waals surface area contributed by atoms with E-state index in [0.29, 0.717) is 38.0 Å². The number of rotatable bonds is 13. The highest BCUT2D eigenvalue weighted by Crippen LogP contribution is 2.20. The lowest BCUT2D eigenvalue weighted by Crippen LogP contribution is -2.10. The molecule has 0 fully saturated rings. The molecule has 0 bridgehead atoms. The third kappa shape index (κ3) is 10.2. The van der Waals surface area contributed by atoms with Crippen LogP contribution in [0.1, 0.15) is 82.3 Å². The monoisotopic (exact) mass is 362 g/mol. The molecule has 26 heavy (non-hydrogen) atoms. The number of carbonyl (C=O) groups is 2. The molecule has 1 aromatic rings. The standard InChI is InChI=1S/C22H34O4/c1-4-5-6-7-8-11-16-25-21(23)12-9-10-13-22(24)26-20-17-18(2)14-15-19(20)3/h14-15,17H,4-13,16H2,1-3H3. The average molecular weight is 363 g/mol. The molecule has 0 aliphatic rings. The van der Waals surface area contributed by atoms with Crippen LogP contribution in [0.5, 0.6) is 5.75 Å². The van der Waals surface area contributed by atoms with Crippen molar-refractivity contribution in [2.24, 2.45) is 0 Å². The van der Waals surface area contributed by atoms with Gasteiger partial charge < -0.3 is 9.47 Å². The van der Waals surface area contributed by atoms with Gasteiger partial charge in [0.25, 0.3) is 0 Å². The van der Waals surface area contributed by atoms with E-state index in [1.54, 1.807) is 0 Å². The molecule has 0 N–H and O–H groups in total. The minimum Gasteiger partial charge on any atom is -0.466 e. The van der Waals surface area contributed by atoms with Crippen molar-refractivity contribution in [3.05, 3.63) is 29.3 Å². The van der Waals surface area contributed by atoms with Gasteiger partial charge in [0.2, 0.25) is 0 Å². The van der Waals surface area contributed by atoms with E-state index in [9.17, 15) is 9.59 Å². The summed E-state index contributed by atoms with van der Waals surface area (Å²) in [6, 6.07) is 5.80. The van der Waals surface area contributed by atoms with Crippen LogP contribution in [0.25, 0.3) is 0 Å². The molecule has 146 valence electrons. The van der Waals surface area contributed by atoms with E-state index in [1.165, 1.54) is 25.7 Å². The Kier molecular flexibility index (Phi) is 11.4. The van der Waals surface area contributed by atoms with Gasteiger partial charge in [0.1, 0.15) is 5.75 Å². The molecule has 0 saturated heterocycles. The zero-order valence-electron chi connectivity index (χ0n) is 16.6. The molecule has 0 aliphatic carbocycles. The van der Waals surface area contributed by atoms with Gasteiger partial charge in [-0.1, -0.05) is 51.2 Å². The lowest BCUT2D eigenvalue weighted by Gasteiger charge is -2.08. The molecular weight excluding hydrogens is 328 g/mol.